The average molecular weight is 724 g/mol. The lowest BCUT2D eigenvalue weighted by Crippen LogP contribution is -2.61. The van der Waals surface area contributed by atoms with Crippen LogP contribution in [0.5, 0.6) is 0 Å². The minimum absolute atomic E-state index is 0.0371. The van der Waals surface area contributed by atoms with Crippen LogP contribution < -0.4 is 26.2 Å². The second kappa shape index (κ2) is 11.9. The molecule has 0 spiro atoms. The van der Waals surface area contributed by atoms with E-state index in [-0.39, 0.29) is 87.8 Å². The van der Waals surface area contributed by atoms with Gasteiger partial charge in [0.25, 0.3) is 6.71 Å². The summed E-state index contributed by atoms with van der Waals surface area (Å²) in [5.74, 6) is 0. The highest BCUT2D eigenvalue weighted by atomic mass is 32.1. The molecule has 0 bridgehead atoms. The number of hydrogen-bond donors (Lipinski definition) is 0. The zero-order valence-corrected chi connectivity index (χ0v) is 34.2. The van der Waals surface area contributed by atoms with Gasteiger partial charge in [0.05, 0.1) is 18.0 Å². The number of rotatable bonds is 2. The predicted molar refractivity (Wildman–Crippen MR) is 235 cm³/mol. The van der Waals surface area contributed by atoms with Gasteiger partial charge in [-0.05, 0) is 122 Å². The van der Waals surface area contributed by atoms with Gasteiger partial charge in [-0.1, -0.05) is 125 Å². The van der Waals surface area contributed by atoms with Crippen LogP contribution in [0.1, 0.15) is 123 Å². The molecule has 4 heteroatoms. The smallest absolute Gasteiger partial charge is 0.252 e. The Labute approximate surface area is 335 Å². The maximum atomic E-state index is 10.2. The SMILES string of the molecule is [2H]c1c([2H])c(C(C)(C)C)c([2H])c([2H])c1N1c2c([2H])c([2H])c(C(C)(C)C)c([2H])c2B2c3ccc4sc(C(C)(C)C)cc4c3N(c3ccc(C(C)(C)C)cc3)c3c([2H])c(C)c([2H])c1c32. The fourth-order valence-corrected chi connectivity index (χ4v) is 8.59. The van der Waals surface area contributed by atoms with Crippen LogP contribution in [0.15, 0.2) is 96.8 Å². The third kappa shape index (κ3) is 5.93. The molecule has 0 fully saturated rings. The Hall–Kier alpha value is -4.28. The largest absolute Gasteiger partial charge is 0.311 e. The Morgan fingerprint density at radius 1 is 0.547 bits per heavy atom. The molecule has 0 amide bonds. The number of nitrogens with zero attached hydrogens (tertiary/aromatic N) is 2. The van der Waals surface area contributed by atoms with Gasteiger partial charge in [-0.15, -0.1) is 11.3 Å². The quantitative estimate of drug-likeness (QED) is 0.164. The zero-order valence-electron chi connectivity index (χ0n) is 42.4. The fraction of sp³-hybridized carbons (Fsp3) is 0.347. The van der Waals surface area contributed by atoms with Gasteiger partial charge in [-0.2, -0.15) is 0 Å². The van der Waals surface area contributed by atoms with Crippen molar-refractivity contribution in [2.75, 3.05) is 9.80 Å². The zero-order chi connectivity index (χ0) is 45.8. The van der Waals surface area contributed by atoms with Gasteiger partial charge in [0, 0.05) is 43.4 Å². The minimum Gasteiger partial charge on any atom is -0.311 e. The maximum Gasteiger partial charge on any atom is 0.252 e. The third-order valence-corrected chi connectivity index (χ3v) is 12.0. The molecular formula is C49H55BN2S. The molecule has 270 valence electrons. The standard InChI is InChI=1S/C49H55BN2S/c1-30-26-40-44-41(27-30)52(35-21-16-32(17-22-35)47(5,6)7)45-36-29-43(49(11,12)13)53-42(36)25-23-37(45)50(44)38-28-33(48(8,9)10)18-24-39(38)51(40)34-19-14-31(15-20-34)46(2,3)4/h14-29H,1-13H3/i14D,15D,18D,19D,20D,24D,26D,27D,28D. The summed E-state index contributed by atoms with van der Waals surface area (Å²) in [5, 5.41) is 0.976. The summed E-state index contributed by atoms with van der Waals surface area (Å²) in [5.41, 5.74) is 4.24. The first-order valence-corrected chi connectivity index (χ1v) is 19.5. The van der Waals surface area contributed by atoms with Gasteiger partial charge in [-0.25, -0.2) is 0 Å². The van der Waals surface area contributed by atoms with Crippen molar-refractivity contribution in [1.82, 2.24) is 0 Å². The minimum atomic E-state index is -0.802. The number of hydrogen-bond acceptors (Lipinski definition) is 3. The van der Waals surface area contributed by atoms with E-state index in [2.05, 4.69) is 88.9 Å². The normalized spacial score (nSPS) is 16.8. The molecule has 0 N–H and O–H groups in total. The van der Waals surface area contributed by atoms with Crippen molar-refractivity contribution in [3.05, 3.63) is 124 Å². The lowest BCUT2D eigenvalue weighted by atomic mass is 9.33. The second-order valence-corrected chi connectivity index (χ2v) is 20.0. The van der Waals surface area contributed by atoms with Crippen LogP contribution in [-0.4, -0.2) is 6.71 Å². The molecule has 53 heavy (non-hydrogen) atoms. The monoisotopic (exact) mass is 723 g/mol. The van der Waals surface area contributed by atoms with Crippen LogP contribution in [0.2, 0.25) is 0 Å². The first-order valence-electron chi connectivity index (χ1n) is 23.2. The highest BCUT2D eigenvalue weighted by Crippen LogP contribution is 2.49. The highest BCUT2D eigenvalue weighted by molar-refractivity contribution is 7.19. The van der Waals surface area contributed by atoms with E-state index in [0.717, 1.165) is 32.5 Å². The van der Waals surface area contributed by atoms with E-state index < -0.39 is 17.5 Å². The van der Waals surface area contributed by atoms with E-state index in [0.29, 0.717) is 27.7 Å². The molecule has 0 saturated heterocycles. The van der Waals surface area contributed by atoms with Gasteiger partial charge in [-0.3, -0.25) is 0 Å². The van der Waals surface area contributed by atoms with E-state index in [9.17, 15) is 12.3 Å². The van der Waals surface area contributed by atoms with Crippen molar-refractivity contribution in [2.45, 2.75) is 112 Å². The maximum absolute atomic E-state index is 10.2. The molecule has 5 aromatic carbocycles. The molecule has 1 aromatic heterocycles. The molecule has 6 aromatic rings. The lowest BCUT2D eigenvalue weighted by molar-refractivity contribution is 0.590. The van der Waals surface area contributed by atoms with Crippen molar-refractivity contribution < 1.29 is 12.3 Å². The van der Waals surface area contributed by atoms with Gasteiger partial charge < -0.3 is 9.80 Å². The van der Waals surface area contributed by atoms with Crippen LogP contribution in [0, 0.1) is 6.92 Å². The number of fused-ring (bicyclic) bond motifs is 6. The Morgan fingerprint density at radius 2 is 1.13 bits per heavy atom. The van der Waals surface area contributed by atoms with Gasteiger partial charge in [0.15, 0.2) is 0 Å². The van der Waals surface area contributed by atoms with Crippen molar-refractivity contribution in [3.63, 3.8) is 0 Å². The molecule has 2 nitrogen and oxygen atoms in total. The molecular weight excluding hydrogens is 659 g/mol. The highest BCUT2D eigenvalue weighted by Gasteiger charge is 2.44. The van der Waals surface area contributed by atoms with E-state index >= 15 is 0 Å². The van der Waals surface area contributed by atoms with Crippen LogP contribution in [0.25, 0.3) is 10.1 Å². The second-order valence-electron chi connectivity index (χ2n) is 18.9. The number of anilines is 6. The van der Waals surface area contributed by atoms with Crippen LogP contribution in [0.4, 0.5) is 34.1 Å². The third-order valence-electron chi connectivity index (χ3n) is 10.5. The fourth-order valence-electron chi connectivity index (χ4n) is 7.46. The summed E-state index contributed by atoms with van der Waals surface area (Å²) in [6.07, 6.45) is 0. The van der Waals surface area contributed by atoms with Gasteiger partial charge in [0.1, 0.15) is 0 Å². The van der Waals surface area contributed by atoms with E-state index in [1.807, 2.05) is 41.5 Å². The predicted octanol–water partition coefficient (Wildman–Crippen LogP) is 12.5. The van der Waals surface area contributed by atoms with E-state index in [4.69, 9.17) is 0 Å². The summed E-state index contributed by atoms with van der Waals surface area (Å²) in [4.78, 5) is 4.77. The summed E-state index contributed by atoms with van der Waals surface area (Å²) >= 11 is 1.72. The van der Waals surface area contributed by atoms with Gasteiger partial charge in [0.2, 0.25) is 0 Å². The summed E-state index contributed by atoms with van der Waals surface area (Å²) in [6.45, 7) is 25.3. The van der Waals surface area contributed by atoms with Crippen LogP contribution in [-0.2, 0) is 21.7 Å². The topological polar surface area (TPSA) is 6.48 Å². The van der Waals surface area contributed by atoms with Crippen LogP contribution in [0.3, 0.4) is 0 Å². The lowest BCUT2D eigenvalue weighted by Gasteiger charge is -2.45. The Kier molecular flexibility index (Phi) is 5.93. The molecule has 8 rings (SSSR count). The summed E-state index contributed by atoms with van der Waals surface area (Å²) in [6, 6.07) is 13.3. The summed E-state index contributed by atoms with van der Waals surface area (Å²) in [7, 11) is 0. The van der Waals surface area contributed by atoms with E-state index in [1.165, 1.54) is 9.78 Å². The number of benzene rings is 5. The Bertz CT molecular complexity index is 2880. The average Bonchev–Trinajstić information content (AvgIpc) is 3.62. The molecule has 2 aliphatic rings. The van der Waals surface area contributed by atoms with E-state index in [1.54, 1.807) is 18.3 Å². The molecule has 0 unspecified atom stereocenters. The van der Waals surface area contributed by atoms with Crippen molar-refractivity contribution in [3.8, 4) is 0 Å². The van der Waals surface area contributed by atoms with Crippen molar-refractivity contribution in [1.29, 1.82) is 0 Å². The Morgan fingerprint density at radius 3 is 1.72 bits per heavy atom. The van der Waals surface area contributed by atoms with Crippen LogP contribution >= 0.6 is 11.3 Å². The molecule has 0 atom stereocenters. The van der Waals surface area contributed by atoms with Gasteiger partial charge >= 0.3 is 0 Å². The molecule has 0 saturated carbocycles. The van der Waals surface area contributed by atoms with Crippen molar-refractivity contribution in [2.24, 2.45) is 0 Å². The summed E-state index contributed by atoms with van der Waals surface area (Å²) < 4.78 is 88.5. The molecule has 2 aliphatic heterocycles. The first-order chi connectivity index (χ1) is 28.5. The molecule has 0 aliphatic carbocycles. The first kappa shape index (κ1) is 26.5. The Balaban J connectivity index is 1.64. The molecule has 0 radical (unpaired) electrons. The van der Waals surface area contributed by atoms with Crippen molar-refractivity contribution >= 4 is 78.6 Å². The molecule has 3 heterocycles. The number of thiophene rings is 1.